The van der Waals surface area contributed by atoms with Crippen LogP contribution in [0.25, 0.3) is 10.9 Å². The van der Waals surface area contributed by atoms with E-state index < -0.39 is 23.8 Å². The van der Waals surface area contributed by atoms with Crippen LogP contribution in [0.15, 0.2) is 27.8 Å². The van der Waals surface area contributed by atoms with Gasteiger partial charge in [-0.2, -0.15) is 0 Å². The van der Waals surface area contributed by atoms with Crippen LogP contribution in [0.3, 0.4) is 0 Å². The van der Waals surface area contributed by atoms with Crippen molar-refractivity contribution in [3.63, 3.8) is 0 Å². The number of carbonyl (C=O) groups is 1. The normalized spacial score (nSPS) is 10.8. The SMILES string of the molecule is Cn1c(=O)c2cccc(Cl)c2n(CC(=O)O)c1=O. The predicted octanol–water partition coefficient (Wildman–Crippen LogP) is 0.438. The Morgan fingerprint density at radius 3 is 2.67 bits per heavy atom. The summed E-state index contributed by atoms with van der Waals surface area (Å²) >= 11 is 5.94. The molecule has 94 valence electrons. The Kier molecular flexibility index (Phi) is 2.96. The van der Waals surface area contributed by atoms with Crippen molar-refractivity contribution in [2.24, 2.45) is 7.05 Å². The number of nitrogens with zero attached hydrogens (tertiary/aromatic N) is 2. The number of carboxylic acids is 1. The summed E-state index contributed by atoms with van der Waals surface area (Å²) in [7, 11) is 1.30. The molecule has 2 rings (SSSR count). The predicted molar refractivity (Wildman–Crippen MR) is 66.1 cm³/mol. The van der Waals surface area contributed by atoms with E-state index in [0.29, 0.717) is 0 Å². The zero-order valence-corrected chi connectivity index (χ0v) is 10.1. The zero-order valence-electron chi connectivity index (χ0n) is 9.38. The minimum absolute atomic E-state index is 0.148. The molecule has 0 radical (unpaired) electrons. The number of para-hydroxylation sites is 1. The maximum absolute atomic E-state index is 11.9. The molecule has 0 spiro atoms. The van der Waals surface area contributed by atoms with E-state index >= 15 is 0 Å². The Morgan fingerprint density at radius 2 is 2.06 bits per heavy atom. The van der Waals surface area contributed by atoms with Crippen molar-refractivity contribution in [1.29, 1.82) is 0 Å². The van der Waals surface area contributed by atoms with Crippen molar-refractivity contribution in [3.8, 4) is 0 Å². The summed E-state index contributed by atoms with van der Waals surface area (Å²) in [6, 6.07) is 4.57. The molecule has 6 nitrogen and oxygen atoms in total. The minimum Gasteiger partial charge on any atom is -0.480 e. The van der Waals surface area contributed by atoms with Crippen molar-refractivity contribution in [3.05, 3.63) is 44.1 Å². The van der Waals surface area contributed by atoms with Crippen LogP contribution in [0, 0.1) is 0 Å². The van der Waals surface area contributed by atoms with E-state index in [9.17, 15) is 14.4 Å². The highest BCUT2D eigenvalue weighted by Gasteiger charge is 2.14. The minimum atomic E-state index is -1.18. The van der Waals surface area contributed by atoms with Crippen LogP contribution < -0.4 is 11.2 Å². The number of aliphatic carboxylic acids is 1. The fraction of sp³-hybridized carbons (Fsp3) is 0.182. The van der Waals surface area contributed by atoms with Crippen LogP contribution in [-0.2, 0) is 18.4 Å². The molecule has 0 saturated heterocycles. The molecule has 0 fully saturated rings. The Labute approximate surface area is 106 Å². The summed E-state index contributed by atoms with van der Waals surface area (Å²) in [5, 5.41) is 9.20. The van der Waals surface area contributed by atoms with E-state index in [0.717, 1.165) is 9.13 Å². The van der Waals surface area contributed by atoms with E-state index in [4.69, 9.17) is 16.7 Å². The van der Waals surface area contributed by atoms with Crippen LogP contribution in [0.4, 0.5) is 0 Å². The van der Waals surface area contributed by atoms with Gasteiger partial charge in [0.25, 0.3) is 5.56 Å². The summed E-state index contributed by atoms with van der Waals surface area (Å²) in [6.07, 6.45) is 0. The van der Waals surface area contributed by atoms with Crippen molar-refractivity contribution in [1.82, 2.24) is 9.13 Å². The fourth-order valence-corrected chi connectivity index (χ4v) is 2.07. The average molecular weight is 269 g/mol. The highest BCUT2D eigenvalue weighted by atomic mass is 35.5. The molecule has 18 heavy (non-hydrogen) atoms. The third kappa shape index (κ3) is 1.80. The number of hydrogen-bond donors (Lipinski definition) is 1. The van der Waals surface area contributed by atoms with Gasteiger partial charge in [-0.25, -0.2) is 4.79 Å². The van der Waals surface area contributed by atoms with Crippen LogP contribution in [0.5, 0.6) is 0 Å². The van der Waals surface area contributed by atoms with Gasteiger partial charge in [-0.15, -0.1) is 0 Å². The van der Waals surface area contributed by atoms with Gasteiger partial charge in [-0.3, -0.25) is 18.7 Å². The molecule has 7 heteroatoms. The average Bonchev–Trinajstić information content (AvgIpc) is 2.31. The second-order valence-corrected chi connectivity index (χ2v) is 4.17. The Balaban J connectivity index is 3.04. The standard InChI is InChI=1S/C11H9ClN2O4/c1-13-10(17)6-3-2-4-7(12)9(6)14(11(13)18)5-8(15)16/h2-4H,5H2,1H3,(H,15,16). The molecule has 1 aromatic carbocycles. The first kappa shape index (κ1) is 12.4. The second kappa shape index (κ2) is 4.30. The van der Waals surface area contributed by atoms with Crippen molar-refractivity contribution < 1.29 is 9.90 Å². The summed E-state index contributed by atoms with van der Waals surface area (Å²) in [4.78, 5) is 34.6. The number of halogens is 1. The lowest BCUT2D eigenvalue weighted by molar-refractivity contribution is -0.137. The molecule has 2 aromatic rings. The molecule has 0 aliphatic heterocycles. The van der Waals surface area contributed by atoms with E-state index in [2.05, 4.69) is 0 Å². The molecule has 0 atom stereocenters. The molecule has 0 bridgehead atoms. The molecule has 0 saturated carbocycles. The summed E-state index contributed by atoms with van der Waals surface area (Å²) in [6.45, 7) is -0.548. The molecule has 0 unspecified atom stereocenters. The lowest BCUT2D eigenvalue weighted by Crippen LogP contribution is -2.39. The first-order valence-electron chi connectivity index (χ1n) is 5.03. The molecule has 1 N–H and O–H groups in total. The summed E-state index contributed by atoms with van der Waals surface area (Å²) in [5.41, 5.74) is -1.06. The van der Waals surface area contributed by atoms with Gasteiger partial charge in [0, 0.05) is 7.05 Å². The molecular formula is C11H9ClN2O4. The van der Waals surface area contributed by atoms with Gasteiger partial charge in [0.05, 0.1) is 15.9 Å². The summed E-state index contributed by atoms with van der Waals surface area (Å²) < 4.78 is 1.84. The molecule has 0 aliphatic rings. The molecule has 0 amide bonds. The maximum Gasteiger partial charge on any atom is 0.331 e. The van der Waals surface area contributed by atoms with E-state index in [1.165, 1.54) is 19.2 Å². The lowest BCUT2D eigenvalue weighted by Gasteiger charge is -2.10. The topological polar surface area (TPSA) is 81.3 Å². The van der Waals surface area contributed by atoms with Gasteiger partial charge in [0.15, 0.2) is 0 Å². The largest absolute Gasteiger partial charge is 0.480 e. The quantitative estimate of drug-likeness (QED) is 0.857. The Bertz CT molecular complexity index is 760. The summed E-state index contributed by atoms with van der Waals surface area (Å²) in [5.74, 6) is -1.18. The van der Waals surface area contributed by atoms with E-state index in [1.54, 1.807) is 6.07 Å². The number of rotatable bonds is 2. The van der Waals surface area contributed by atoms with Gasteiger partial charge < -0.3 is 5.11 Å². The van der Waals surface area contributed by atoms with E-state index in [-0.39, 0.29) is 15.9 Å². The van der Waals surface area contributed by atoms with Crippen molar-refractivity contribution in [2.45, 2.75) is 6.54 Å². The van der Waals surface area contributed by atoms with Crippen LogP contribution >= 0.6 is 11.6 Å². The third-order valence-corrected chi connectivity index (χ3v) is 2.91. The van der Waals surface area contributed by atoms with E-state index in [1.807, 2.05) is 0 Å². The monoisotopic (exact) mass is 268 g/mol. The smallest absolute Gasteiger partial charge is 0.331 e. The van der Waals surface area contributed by atoms with Gasteiger partial charge in [0.2, 0.25) is 0 Å². The number of hydrogen-bond acceptors (Lipinski definition) is 3. The molecular weight excluding hydrogens is 260 g/mol. The number of benzene rings is 1. The Hall–Kier alpha value is -2.08. The molecule has 1 heterocycles. The van der Waals surface area contributed by atoms with Crippen LogP contribution in [0.1, 0.15) is 0 Å². The van der Waals surface area contributed by atoms with Gasteiger partial charge in [-0.1, -0.05) is 17.7 Å². The third-order valence-electron chi connectivity index (χ3n) is 2.60. The zero-order chi connectivity index (χ0) is 13.4. The second-order valence-electron chi connectivity index (χ2n) is 3.76. The maximum atomic E-state index is 11.9. The number of carboxylic acid groups (broad SMARTS) is 1. The number of aromatic nitrogens is 2. The first-order chi connectivity index (χ1) is 8.43. The van der Waals surface area contributed by atoms with Crippen LogP contribution in [-0.4, -0.2) is 20.2 Å². The highest BCUT2D eigenvalue weighted by molar-refractivity contribution is 6.35. The Morgan fingerprint density at radius 1 is 1.39 bits per heavy atom. The highest BCUT2D eigenvalue weighted by Crippen LogP contribution is 2.19. The van der Waals surface area contributed by atoms with Gasteiger partial charge in [-0.05, 0) is 12.1 Å². The first-order valence-corrected chi connectivity index (χ1v) is 5.41. The number of fused-ring (bicyclic) bond motifs is 1. The van der Waals surface area contributed by atoms with Gasteiger partial charge in [0.1, 0.15) is 6.54 Å². The molecule has 1 aromatic heterocycles. The fourth-order valence-electron chi connectivity index (χ4n) is 1.79. The molecule has 0 aliphatic carbocycles. The van der Waals surface area contributed by atoms with Gasteiger partial charge >= 0.3 is 11.7 Å². The van der Waals surface area contributed by atoms with Crippen molar-refractivity contribution >= 4 is 28.5 Å². The van der Waals surface area contributed by atoms with Crippen LogP contribution in [0.2, 0.25) is 5.02 Å². The lowest BCUT2D eigenvalue weighted by atomic mass is 10.2. The van der Waals surface area contributed by atoms with Crippen molar-refractivity contribution in [2.75, 3.05) is 0 Å².